The number of thioether (sulfide) groups is 1. The summed E-state index contributed by atoms with van der Waals surface area (Å²) < 4.78 is 2.36. The van der Waals surface area contributed by atoms with E-state index in [4.69, 9.17) is 0 Å². The number of hydrogen-bond donors (Lipinski definition) is 0. The second-order valence-corrected chi connectivity index (χ2v) is 10.3. The zero-order chi connectivity index (χ0) is 14.6. The highest BCUT2D eigenvalue weighted by Crippen LogP contribution is 2.62. The van der Waals surface area contributed by atoms with Crippen LogP contribution in [0.15, 0.2) is 26.0 Å². The van der Waals surface area contributed by atoms with Crippen molar-refractivity contribution in [3.05, 3.63) is 26.6 Å². The van der Waals surface area contributed by atoms with E-state index in [0.717, 1.165) is 43.4 Å². The molecule has 4 aliphatic carbocycles. The maximum absolute atomic E-state index is 11.5. The van der Waals surface area contributed by atoms with Crippen molar-refractivity contribution in [2.75, 3.05) is 0 Å². The zero-order valence-electron chi connectivity index (χ0n) is 11.8. The molecule has 0 saturated heterocycles. The molecule has 0 aliphatic heterocycles. The van der Waals surface area contributed by atoms with Gasteiger partial charge in [0.05, 0.1) is 0 Å². The SMILES string of the molecule is O=Cc1c(Br)ccc(Br)c1SC12CC3CC(CC(C3)C1)C2. The first-order valence-corrected chi connectivity index (χ1v) is 10.1. The summed E-state index contributed by atoms with van der Waals surface area (Å²) in [5.41, 5.74) is 0.810. The van der Waals surface area contributed by atoms with Gasteiger partial charge in [0.2, 0.25) is 0 Å². The van der Waals surface area contributed by atoms with E-state index >= 15 is 0 Å². The Hall–Kier alpha value is 0.200. The predicted molar refractivity (Wildman–Crippen MR) is 94.0 cm³/mol. The summed E-state index contributed by atoms with van der Waals surface area (Å²) in [6.07, 6.45) is 9.42. The van der Waals surface area contributed by atoms with Crippen LogP contribution >= 0.6 is 43.6 Å². The van der Waals surface area contributed by atoms with Gasteiger partial charge >= 0.3 is 0 Å². The quantitative estimate of drug-likeness (QED) is 0.541. The summed E-state index contributed by atoms with van der Waals surface area (Å²) in [4.78, 5) is 12.7. The second-order valence-electron chi connectivity index (χ2n) is 7.09. The molecule has 4 heteroatoms. The van der Waals surface area contributed by atoms with Crippen LogP contribution in [-0.4, -0.2) is 11.0 Å². The number of carbonyl (C=O) groups excluding carboxylic acids is 1. The molecule has 4 fully saturated rings. The third kappa shape index (κ3) is 2.55. The summed E-state index contributed by atoms with van der Waals surface area (Å²) in [5, 5.41) is 0. The van der Waals surface area contributed by atoms with Crippen LogP contribution in [0, 0.1) is 17.8 Å². The summed E-state index contributed by atoms with van der Waals surface area (Å²) in [6.45, 7) is 0. The first-order valence-electron chi connectivity index (χ1n) is 7.71. The molecular formula is C17H18Br2OS. The van der Waals surface area contributed by atoms with Gasteiger partial charge in [-0.3, -0.25) is 4.79 Å². The second kappa shape index (κ2) is 5.38. The molecule has 1 aromatic carbocycles. The van der Waals surface area contributed by atoms with E-state index in [9.17, 15) is 4.79 Å². The van der Waals surface area contributed by atoms with Gasteiger partial charge in [-0.25, -0.2) is 0 Å². The summed E-state index contributed by atoms with van der Waals surface area (Å²) in [5.74, 6) is 2.82. The fourth-order valence-corrected chi connectivity index (χ4v) is 8.10. The van der Waals surface area contributed by atoms with Gasteiger partial charge in [-0.15, -0.1) is 11.8 Å². The van der Waals surface area contributed by atoms with Crippen molar-refractivity contribution in [2.45, 2.75) is 48.2 Å². The maximum Gasteiger partial charge on any atom is 0.152 e. The topological polar surface area (TPSA) is 17.1 Å². The van der Waals surface area contributed by atoms with Crippen LogP contribution in [0.3, 0.4) is 0 Å². The highest BCUT2D eigenvalue weighted by Gasteiger charge is 2.51. The number of carbonyl (C=O) groups is 1. The molecule has 0 heterocycles. The molecule has 0 unspecified atom stereocenters. The largest absolute Gasteiger partial charge is 0.298 e. The Morgan fingerprint density at radius 2 is 1.52 bits per heavy atom. The Bertz CT molecular complexity index is 563. The van der Waals surface area contributed by atoms with Gasteiger partial charge in [0, 0.05) is 24.2 Å². The van der Waals surface area contributed by atoms with Gasteiger partial charge in [-0.1, -0.05) is 15.9 Å². The number of halogens is 2. The van der Waals surface area contributed by atoms with Crippen molar-refractivity contribution in [2.24, 2.45) is 17.8 Å². The van der Waals surface area contributed by atoms with E-state index in [1.54, 1.807) is 0 Å². The minimum Gasteiger partial charge on any atom is -0.298 e. The van der Waals surface area contributed by atoms with Crippen molar-refractivity contribution in [3.63, 3.8) is 0 Å². The Morgan fingerprint density at radius 1 is 1.00 bits per heavy atom. The highest BCUT2D eigenvalue weighted by molar-refractivity contribution is 9.11. The standard InChI is InChI=1S/C17H18Br2OS/c18-14-1-2-15(19)16(13(14)9-20)21-17-6-10-3-11(7-17)5-12(4-10)8-17/h1-2,9-12H,3-8H2. The first kappa shape index (κ1) is 14.8. The van der Waals surface area contributed by atoms with Crippen molar-refractivity contribution < 1.29 is 4.79 Å². The molecule has 4 saturated carbocycles. The van der Waals surface area contributed by atoms with E-state index in [2.05, 4.69) is 37.9 Å². The normalized spacial score (nSPS) is 37.0. The molecule has 1 nitrogen and oxygen atoms in total. The van der Waals surface area contributed by atoms with E-state index in [-0.39, 0.29) is 0 Å². The molecular weight excluding hydrogens is 412 g/mol. The Morgan fingerprint density at radius 3 is 2.05 bits per heavy atom. The Kier molecular flexibility index (Phi) is 3.78. The third-order valence-corrected chi connectivity index (χ3v) is 8.71. The molecule has 21 heavy (non-hydrogen) atoms. The van der Waals surface area contributed by atoms with E-state index in [0.29, 0.717) is 4.75 Å². The highest BCUT2D eigenvalue weighted by atomic mass is 79.9. The third-order valence-electron chi connectivity index (χ3n) is 5.51. The summed E-state index contributed by atoms with van der Waals surface area (Å²) >= 11 is 9.17. The van der Waals surface area contributed by atoms with Gasteiger partial charge in [-0.2, -0.15) is 0 Å². The molecule has 1 aromatic rings. The predicted octanol–water partition coefficient (Wildman–Crippen LogP) is 6.09. The minimum atomic E-state index is 0.385. The average molecular weight is 430 g/mol. The number of rotatable bonds is 3. The van der Waals surface area contributed by atoms with Crippen molar-refractivity contribution in [1.29, 1.82) is 0 Å². The lowest BCUT2D eigenvalue weighted by atomic mass is 9.56. The molecule has 0 atom stereocenters. The molecule has 0 aromatic heterocycles. The molecule has 0 amide bonds. The van der Waals surface area contributed by atoms with Crippen LogP contribution in [0.5, 0.6) is 0 Å². The lowest BCUT2D eigenvalue weighted by Crippen LogP contribution is -2.48. The van der Waals surface area contributed by atoms with Gasteiger partial charge in [0.25, 0.3) is 0 Å². The number of benzene rings is 1. The molecule has 0 radical (unpaired) electrons. The first-order chi connectivity index (χ1) is 10.1. The van der Waals surface area contributed by atoms with Crippen LogP contribution in [0.25, 0.3) is 0 Å². The molecule has 0 spiro atoms. The van der Waals surface area contributed by atoms with Crippen molar-refractivity contribution in [3.8, 4) is 0 Å². The van der Waals surface area contributed by atoms with E-state index < -0.39 is 0 Å². The number of hydrogen-bond acceptors (Lipinski definition) is 2. The van der Waals surface area contributed by atoms with Crippen molar-refractivity contribution in [1.82, 2.24) is 0 Å². The fraction of sp³-hybridized carbons (Fsp3) is 0.588. The van der Waals surface area contributed by atoms with Crippen LogP contribution in [-0.2, 0) is 0 Å². The van der Waals surface area contributed by atoms with Crippen LogP contribution in [0.1, 0.15) is 48.9 Å². The fourth-order valence-electron chi connectivity index (χ4n) is 5.14. The average Bonchev–Trinajstić information content (AvgIpc) is 2.41. The molecule has 0 N–H and O–H groups in total. The summed E-state index contributed by atoms with van der Waals surface area (Å²) in [6, 6.07) is 4.01. The lowest BCUT2D eigenvalue weighted by molar-refractivity contribution is 0.0383. The smallest absolute Gasteiger partial charge is 0.152 e. The monoisotopic (exact) mass is 428 g/mol. The van der Waals surface area contributed by atoms with Crippen molar-refractivity contribution >= 4 is 49.9 Å². The van der Waals surface area contributed by atoms with Gasteiger partial charge < -0.3 is 0 Å². The molecule has 112 valence electrons. The Labute approximate surface area is 146 Å². The number of aldehydes is 1. The minimum absolute atomic E-state index is 0.385. The Balaban J connectivity index is 1.70. The summed E-state index contributed by atoms with van der Waals surface area (Å²) in [7, 11) is 0. The van der Waals surface area contributed by atoms with Crippen LogP contribution in [0.4, 0.5) is 0 Å². The molecule has 5 rings (SSSR count). The van der Waals surface area contributed by atoms with Gasteiger partial charge in [0.1, 0.15) is 0 Å². The maximum atomic E-state index is 11.5. The zero-order valence-corrected chi connectivity index (χ0v) is 15.8. The van der Waals surface area contributed by atoms with Crippen LogP contribution in [0.2, 0.25) is 0 Å². The molecule has 4 aliphatic rings. The van der Waals surface area contributed by atoms with Gasteiger partial charge in [0.15, 0.2) is 6.29 Å². The van der Waals surface area contributed by atoms with E-state index in [1.807, 2.05) is 17.8 Å². The lowest BCUT2D eigenvalue weighted by Gasteiger charge is -2.56. The van der Waals surface area contributed by atoms with Crippen LogP contribution < -0.4 is 0 Å². The van der Waals surface area contributed by atoms with E-state index in [1.165, 1.54) is 38.5 Å². The van der Waals surface area contributed by atoms with Gasteiger partial charge in [-0.05, 0) is 84.3 Å². The molecule has 4 bridgehead atoms.